The number of halogens is 7. The maximum atomic E-state index is 12.4. The van der Waals surface area contributed by atoms with E-state index in [2.05, 4.69) is 4.74 Å². The zero-order valence-electron chi connectivity index (χ0n) is 7.29. The minimum atomic E-state index is -4.59. The van der Waals surface area contributed by atoms with Gasteiger partial charge in [-0.2, -0.15) is 13.2 Å². The monoisotopic (exact) mass is 312 g/mol. The summed E-state index contributed by atoms with van der Waals surface area (Å²) in [5.74, 6) is -0.350. The van der Waals surface area contributed by atoms with E-state index < -0.39 is 20.7 Å². The highest BCUT2D eigenvalue weighted by Crippen LogP contribution is 2.41. The second kappa shape index (κ2) is 4.69. The molecule has 0 unspecified atom stereocenters. The van der Waals surface area contributed by atoms with Crippen molar-refractivity contribution in [2.24, 2.45) is 0 Å². The molecule has 90 valence electrons. The molecule has 1 nitrogen and oxygen atoms in total. The maximum absolute atomic E-state index is 12.4. The lowest BCUT2D eigenvalue weighted by atomic mass is 10.2. The van der Waals surface area contributed by atoms with E-state index in [1.807, 2.05) is 0 Å². The summed E-state index contributed by atoms with van der Waals surface area (Å²) in [6.45, 7) is 0. The quantitative estimate of drug-likeness (QED) is 0.658. The molecule has 1 aromatic rings. The highest BCUT2D eigenvalue weighted by Gasteiger charge is 2.35. The van der Waals surface area contributed by atoms with Crippen LogP contribution in [-0.4, -0.2) is 3.98 Å². The average Bonchev–Trinajstić information content (AvgIpc) is 2.04. The molecular weight excluding hydrogens is 311 g/mol. The van der Waals surface area contributed by atoms with Crippen molar-refractivity contribution in [3.63, 3.8) is 0 Å². The lowest BCUT2D eigenvalue weighted by Crippen LogP contribution is -2.14. The molecule has 0 radical (unpaired) electrons. The Balaban J connectivity index is 3.15. The topological polar surface area (TPSA) is 9.23 Å². The fourth-order valence-electron chi connectivity index (χ4n) is 0.933. The highest BCUT2D eigenvalue weighted by atomic mass is 35.6. The summed E-state index contributed by atoms with van der Waals surface area (Å²) in [7, 11) is 0. The van der Waals surface area contributed by atoms with Gasteiger partial charge in [0.2, 0.25) is 0 Å². The summed E-state index contributed by atoms with van der Waals surface area (Å²) >= 11 is 21.3. The van der Waals surface area contributed by atoms with E-state index in [4.69, 9.17) is 46.4 Å². The van der Waals surface area contributed by atoms with Gasteiger partial charge in [0.1, 0.15) is 5.75 Å². The minimum absolute atomic E-state index is 0.350. The van der Waals surface area contributed by atoms with Gasteiger partial charge >= 0.3 is 10.2 Å². The molecule has 0 N–H and O–H groups in total. The van der Waals surface area contributed by atoms with Gasteiger partial charge < -0.3 is 4.74 Å². The predicted octanol–water partition coefficient (Wildman–Crippen LogP) is 5.07. The van der Waals surface area contributed by atoms with Crippen molar-refractivity contribution in [3.8, 4) is 5.75 Å². The molecule has 0 saturated carbocycles. The molecule has 1 rings (SSSR count). The van der Waals surface area contributed by atoms with Crippen LogP contribution >= 0.6 is 46.4 Å². The first-order valence-electron chi connectivity index (χ1n) is 3.73. The van der Waals surface area contributed by atoms with E-state index in [1.165, 1.54) is 6.07 Å². The SMILES string of the molecule is FC(F)(F)c1cccc(OC(Cl)(Cl)Cl)c1Cl. The summed E-state index contributed by atoms with van der Waals surface area (Å²) in [4.78, 5) is 0. The molecule has 0 atom stereocenters. The van der Waals surface area contributed by atoms with Crippen LogP contribution in [0, 0.1) is 0 Å². The first kappa shape index (κ1) is 14.0. The Morgan fingerprint density at radius 3 is 2.06 bits per heavy atom. The van der Waals surface area contributed by atoms with Gasteiger partial charge in [0, 0.05) is 0 Å². The van der Waals surface area contributed by atoms with E-state index in [0.29, 0.717) is 0 Å². The number of rotatable bonds is 1. The fourth-order valence-corrected chi connectivity index (χ4v) is 1.45. The van der Waals surface area contributed by atoms with Crippen LogP contribution in [0.4, 0.5) is 13.2 Å². The van der Waals surface area contributed by atoms with Crippen molar-refractivity contribution < 1.29 is 17.9 Å². The zero-order valence-corrected chi connectivity index (χ0v) is 10.3. The second-order valence-electron chi connectivity index (χ2n) is 2.66. The lowest BCUT2D eigenvalue weighted by Gasteiger charge is -2.17. The van der Waals surface area contributed by atoms with Crippen molar-refractivity contribution in [1.29, 1.82) is 0 Å². The molecule has 0 fully saturated rings. The molecule has 0 bridgehead atoms. The molecule has 8 heteroatoms. The Hall–Kier alpha value is -0.0300. The molecule has 0 aromatic heterocycles. The van der Waals surface area contributed by atoms with Crippen molar-refractivity contribution in [2.45, 2.75) is 10.2 Å². The summed E-state index contributed by atoms with van der Waals surface area (Å²) in [5, 5.41) is -0.652. The lowest BCUT2D eigenvalue weighted by molar-refractivity contribution is -0.137. The minimum Gasteiger partial charge on any atom is -0.444 e. The summed E-state index contributed by atoms with van der Waals surface area (Å²) in [6.07, 6.45) is -4.59. The fraction of sp³-hybridized carbons (Fsp3) is 0.250. The van der Waals surface area contributed by atoms with Crippen molar-refractivity contribution in [2.75, 3.05) is 0 Å². The van der Waals surface area contributed by atoms with Crippen LogP contribution < -0.4 is 4.74 Å². The average molecular weight is 314 g/mol. The van der Waals surface area contributed by atoms with Gasteiger partial charge in [0.15, 0.2) is 0 Å². The predicted molar refractivity (Wildman–Crippen MR) is 57.4 cm³/mol. The molecule has 0 aliphatic carbocycles. The molecule has 0 aliphatic rings. The number of hydrogen-bond acceptors (Lipinski definition) is 1. The third-order valence-electron chi connectivity index (χ3n) is 1.49. The van der Waals surface area contributed by atoms with E-state index in [9.17, 15) is 13.2 Å². The van der Waals surface area contributed by atoms with Crippen LogP contribution in [0.2, 0.25) is 5.02 Å². The number of hydrogen-bond donors (Lipinski definition) is 0. The van der Waals surface area contributed by atoms with Crippen LogP contribution in [0.15, 0.2) is 18.2 Å². The van der Waals surface area contributed by atoms with Gasteiger partial charge in [0.05, 0.1) is 10.6 Å². The third kappa shape index (κ3) is 3.77. The van der Waals surface area contributed by atoms with E-state index in [-0.39, 0.29) is 5.75 Å². The van der Waals surface area contributed by atoms with Crippen molar-refractivity contribution in [3.05, 3.63) is 28.8 Å². The Kier molecular flexibility index (Phi) is 4.11. The normalized spacial score (nSPS) is 12.7. The summed E-state index contributed by atoms with van der Waals surface area (Å²) < 4.78 is 39.7. The first-order valence-corrected chi connectivity index (χ1v) is 5.24. The molecule has 0 spiro atoms. The smallest absolute Gasteiger partial charge is 0.417 e. The van der Waals surface area contributed by atoms with Crippen LogP contribution in [0.5, 0.6) is 5.75 Å². The first-order chi connectivity index (χ1) is 7.11. The van der Waals surface area contributed by atoms with Gasteiger partial charge in [-0.3, -0.25) is 0 Å². The third-order valence-corrected chi connectivity index (χ3v) is 2.12. The Morgan fingerprint density at radius 2 is 1.62 bits per heavy atom. The largest absolute Gasteiger partial charge is 0.444 e. The summed E-state index contributed by atoms with van der Waals surface area (Å²) in [5.41, 5.74) is -1.05. The van der Waals surface area contributed by atoms with E-state index >= 15 is 0 Å². The van der Waals surface area contributed by atoms with Crippen molar-refractivity contribution in [1.82, 2.24) is 0 Å². The number of ether oxygens (including phenoxy) is 1. The summed E-state index contributed by atoms with van der Waals surface area (Å²) in [6, 6.07) is 3.06. The van der Waals surface area contributed by atoms with E-state index in [1.54, 1.807) is 0 Å². The maximum Gasteiger partial charge on any atom is 0.417 e. The van der Waals surface area contributed by atoms with Crippen molar-refractivity contribution >= 4 is 46.4 Å². The molecule has 0 saturated heterocycles. The number of benzene rings is 1. The van der Waals surface area contributed by atoms with Crippen LogP contribution in [-0.2, 0) is 6.18 Å². The van der Waals surface area contributed by atoms with E-state index in [0.717, 1.165) is 12.1 Å². The molecule has 0 aliphatic heterocycles. The van der Waals surface area contributed by atoms with Gasteiger partial charge in [0.25, 0.3) is 0 Å². The Labute approximate surface area is 109 Å². The molecule has 0 heterocycles. The standard InChI is InChI=1S/C8H3Cl4F3O/c9-6-4(7(13,14)15)2-1-3-5(6)16-8(10,11)12/h1-3H. The molecule has 0 amide bonds. The van der Waals surface area contributed by atoms with Crippen LogP contribution in [0.25, 0.3) is 0 Å². The Bertz CT molecular complexity index is 386. The van der Waals surface area contributed by atoms with Gasteiger partial charge in [-0.25, -0.2) is 0 Å². The zero-order chi connectivity index (χ0) is 12.6. The molecule has 1 aromatic carbocycles. The van der Waals surface area contributed by atoms with Gasteiger partial charge in [-0.05, 0) is 46.9 Å². The Morgan fingerprint density at radius 1 is 1.06 bits per heavy atom. The highest BCUT2D eigenvalue weighted by molar-refractivity contribution is 6.66. The molecule has 16 heavy (non-hydrogen) atoms. The number of alkyl halides is 6. The van der Waals surface area contributed by atoms with Gasteiger partial charge in [-0.1, -0.05) is 17.7 Å². The molecular formula is C8H3Cl4F3O. The second-order valence-corrected chi connectivity index (χ2v) is 5.22. The van der Waals surface area contributed by atoms with Crippen LogP contribution in [0.1, 0.15) is 5.56 Å². The van der Waals surface area contributed by atoms with Crippen LogP contribution in [0.3, 0.4) is 0 Å². The van der Waals surface area contributed by atoms with Gasteiger partial charge in [-0.15, -0.1) is 0 Å².